The van der Waals surface area contributed by atoms with Gasteiger partial charge in [0.15, 0.2) is 0 Å². The van der Waals surface area contributed by atoms with Crippen LogP contribution in [0.5, 0.6) is 0 Å². The molecule has 1 fully saturated rings. The first kappa shape index (κ1) is 16.3. The number of nitrogens with two attached hydrogens (primary N) is 1. The molecule has 116 valence electrons. The van der Waals surface area contributed by atoms with E-state index >= 15 is 0 Å². The third kappa shape index (κ3) is 4.46. The summed E-state index contributed by atoms with van der Waals surface area (Å²) in [5.74, 6) is 0.0412. The molecule has 3 N–H and O–H groups in total. The van der Waals surface area contributed by atoms with E-state index in [1.54, 1.807) is 11.8 Å². The molecule has 5 heteroatoms. The molecule has 4 nitrogen and oxygen atoms in total. The van der Waals surface area contributed by atoms with Crippen LogP contribution in [0.2, 0.25) is 0 Å². The smallest absolute Gasteiger partial charge is 0.238 e. The zero-order valence-corrected chi connectivity index (χ0v) is 13.9. The fourth-order valence-corrected chi connectivity index (χ4v) is 3.18. The maximum Gasteiger partial charge on any atom is 0.238 e. The van der Waals surface area contributed by atoms with E-state index in [-0.39, 0.29) is 17.4 Å². The number of hydrogen-bond acceptors (Lipinski definition) is 4. The fraction of sp³-hybridized carbons (Fsp3) is 0.562. The Morgan fingerprint density at radius 2 is 2.29 bits per heavy atom. The number of benzene rings is 1. The molecule has 0 saturated carbocycles. The highest BCUT2D eigenvalue weighted by Gasteiger charge is 2.33. The minimum absolute atomic E-state index is 0.0412. The van der Waals surface area contributed by atoms with Gasteiger partial charge in [-0.1, -0.05) is 19.9 Å². The van der Waals surface area contributed by atoms with Crippen molar-refractivity contribution in [3.63, 3.8) is 0 Å². The van der Waals surface area contributed by atoms with E-state index in [1.165, 1.54) is 0 Å². The summed E-state index contributed by atoms with van der Waals surface area (Å²) in [6.07, 6.45) is 2.97. The van der Waals surface area contributed by atoms with Crippen molar-refractivity contribution in [1.82, 2.24) is 4.90 Å². The van der Waals surface area contributed by atoms with Crippen LogP contribution in [0.15, 0.2) is 29.2 Å². The van der Waals surface area contributed by atoms with Crippen LogP contribution in [-0.4, -0.2) is 42.7 Å². The van der Waals surface area contributed by atoms with Crippen LogP contribution in [0.25, 0.3) is 0 Å². The predicted molar refractivity (Wildman–Crippen MR) is 89.7 cm³/mol. The number of thioether (sulfide) groups is 1. The number of anilines is 1. The van der Waals surface area contributed by atoms with Crippen molar-refractivity contribution >= 4 is 23.4 Å². The summed E-state index contributed by atoms with van der Waals surface area (Å²) in [5.41, 5.74) is 7.06. The number of carbonyl (C=O) groups excluding carboxylic acids is 1. The lowest BCUT2D eigenvalue weighted by Gasteiger charge is -2.42. The van der Waals surface area contributed by atoms with Crippen LogP contribution in [0, 0.1) is 5.41 Å². The summed E-state index contributed by atoms with van der Waals surface area (Å²) in [5, 5.41) is 2.98. The number of nitrogens with one attached hydrogen (secondary N) is 1. The van der Waals surface area contributed by atoms with Crippen molar-refractivity contribution in [2.45, 2.75) is 31.2 Å². The van der Waals surface area contributed by atoms with Crippen molar-refractivity contribution in [3.05, 3.63) is 24.3 Å². The van der Waals surface area contributed by atoms with Gasteiger partial charge in [-0.2, -0.15) is 0 Å². The normalized spacial score (nSPS) is 22.0. The quantitative estimate of drug-likeness (QED) is 0.839. The van der Waals surface area contributed by atoms with Crippen molar-refractivity contribution < 1.29 is 4.79 Å². The van der Waals surface area contributed by atoms with Gasteiger partial charge in [0, 0.05) is 29.7 Å². The predicted octanol–water partition coefficient (Wildman–Crippen LogP) is 2.41. The third-order valence-corrected chi connectivity index (χ3v) is 4.84. The van der Waals surface area contributed by atoms with Crippen LogP contribution in [-0.2, 0) is 4.79 Å². The summed E-state index contributed by atoms with van der Waals surface area (Å²) < 4.78 is 0. The van der Waals surface area contributed by atoms with Gasteiger partial charge < -0.3 is 11.1 Å². The Morgan fingerprint density at radius 3 is 2.95 bits per heavy atom. The Balaban J connectivity index is 1.90. The lowest BCUT2D eigenvalue weighted by Crippen LogP contribution is -2.53. The first-order valence-electron chi connectivity index (χ1n) is 7.32. The van der Waals surface area contributed by atoms with Crippen LogP contribution in [0.1, 0.15) is 20.3 Å². The number of nitrogens with zero attached hydrogens (tertiary/aromatic N) is 1. The maximum atomic E-state index is 12.2. The first-order valence-corrected chi connectivity index (χ1v) is 8.55. The second kappa shape index (κ2) is 6.81. The minimum Gasteiger partial charge on any atom is -0.327 e. The summed E-state index contributed by atoms with van der Waals surface area (Å²) >= 11 is 1.67. The van der Waals surface area contributed by atoms with Gasteiger partial charge in [0.25, 0.3) is 0 Å². The summed E-state index contributed by atoms with van der Waals surface area (Å²) in [7, 11) is 0. The molecule has 0 radical (unpaired) electrons. The average Bonchev–Trinajstić information content (AvgIpc) is 2.42. The van der Waals surface area contributed by atoms with Crippen LogP contribution >= 0.6 is 11.8 Å². The van der Waals surface area contributed by atoms with E-state index < -0.39 is 0 Å². The van der Waals surface area contributed by atoms with Crippen LogP contribution < -0.4 is 11.1 Å². The van der Waals surface area contributed by atoms with Crippen LogP contribution in [0.4, 0.5) is 5.69 Å². The third-order valence-electron chi connectivity index (χ3n) is 4.11. The monoisotopic (exact) mass is 307 g/mol. The van der Waals surface area contributed by atoms with E-state index in [1.807, 2.05) is 30.5 Å². The summed E-state index contributed by atoms with van der Waals surface area (Å²) in [4.78, 5) is 15.5. The maximum absolute atomic E-state index is 12.2. The standard InChI is InChI=1S/C16H25N3OS/c1-16(2)11-19(8-7-14(16)17)10-15(20)18-12-5-4-6-13(9-12)21-3/h4-6,9,14H,7-8,10-11,17H2,1-3H3,(H,18,20). The van der Waals surface area contributed by atoms with Gasteiger partial charge >= 0.3 is 0 Å². The van der Waals surface area contributed by atoms with Crippen molar-refractivity contribution in [2.75, 3.05) is 31.2 Å². The Kier molecular flexibility index (Phi) is 5.30. The number of hydrogen-bond donors (Lipinski definition) is 2. The number of carbonyl (C=O) groups is 1. The SMILES string of the molecule is CSc1cccc(NC(=O)CN2CCC(N)C(C)(C)C2)c1. The zero-order valence-electron chi connectivity index (χ0n) is 13.1. The molecule has 2 rings (SSSR count). The highest BCUT2D eigenvalue weighted by molar-refractivity contribution is 7.98. The first-order chi connectivity index (χ1) is 9.90. The second-order valence-electron chi connectivity index (χ2n) is 6.37. The molecule has 0 aromatic heterocycles. The Morgan fingerprint density at radius 1 is 1.52 bits per heavy atom. The molecule has 1 heterocycles. The van der Waals surface area contributed by atoms with Gasteiger partial charge in [-0.25, -0.2) is 0 Å². The van der Waals surface area contributed by atoms with Gasteiger partial charge in [-0.05, 0) is 36.3 Å². The summed E-state index contributed by atoms with van der Waals surface area (Å²) in [6, 6.07) is 8.14. The van der Waals surface area contributed by atoms with E-state index in [4.69, 9.17) is 5.73 Å². The van der Waals surface area contributed by atoms with E-state index in [0.717, 1.165) is 30.1 Å². The fourth-order valence-electron chi connectivity index (χ4n) is 2.72. The molecule has 0 spiro atoms. The molecule has 1 aliphatic heterocycles. The highest BCUT2D eigenvalue weighted by Crippen LogP contribution is 2.27. The molecule has 0 aliphatic carbocycles. The number of piperidine rings is 1. The largest absolute Gasteiger partial charge is 0.327 e. The number of rotatable bonds is 4. The Labute approximate surface area is 131 Å². The molecular weight excluding hydrogens is 282 g/mol. The van der Waals surface area contributed by atoms with Crippen molar-refractivity contribution in [2.24, 2.45) is 11.1 Å². The van der Waals surface area contributed by atoms with E-state index in [2.05, 4.69) is 24.1 Å². The number of likely N-dealkylation sites (tertiary alicyclic amines) is 1. The molecule has 0 bridgehead atoms. The van der Waals surface area contributed by atoms with E-state index in [9.17, 15) is 4.79 Å². The van der Waals surface area contributed by atoms with Crippen LogP contribution in [0.3, 0.4) is 0 Å². The highest BCUT2D eigenvalue weighted by atomic mass is 32.2. The second-order valence-corrected chi connectivity index (χ2v) is 7.25. The molecule has 1 saturated heterocycles. The van der Waals surface area contributed by atoms with E-state index in [0.29, 0.717) is 6.54 Å². The van der Waals surface area contributed by atoms with Gasteiger partial charge in [0.2, 0.25) is 5.91 Å². The van der Waals surface area contributed by atoms with Crippen molar-refractivity contribution in [1.29, 1.82) is 0 Å². The minimum atomic E-state index is 0.0412. The molecule has 1 unspecified atom stereocenters. The molecular formula is C16H25N3OS. The molecule has 1 aliphatic rings. The topological polar surface area (TPSA) is 58.4 Å². The molecule has 1 amide bonds. The Hall–Kier alpha value is -1.04. The molecule has 21 heavy (non-hydrogen) atoms. The van der Waals surface area contributed by atoms with Gasteiger partial charge in [-0.3, -0.25) is 9.69 Å². The van der Waals surface area contributed by atoms with Gasteiger partial charge in [0.05, 0.1) is 6.54 Å². The van der Waals surface area contributed by atoms with Gasteiger partial charge in [0.1, 0.15) is 0 Å². The zero-order chi connectivity index (χ0) is 15.5. The molecule has 1 atom stereocenters. The lowest BCUT2D eigenvalue weighted by atomic mass is 9.80. The van der Waals surface area contributed by atoms with Gasteiger partial charge in [-0.15, -0.1) is 11.8 Å². The van der Waals surface area contributed by atoms with Crippen molar-refractivity contribution in [3.8, 4) is 0 Å². The molecule has 1 aromatic rings. The summed E-state index contributed by atoms with van der Waals surface area (Å²) in [6.45, 7) is 6.53. The lowest BCUT2D eigenvalue weighted by molar-refractivity contribution is -0.118. The average molecular weight is 307 g/mol. The Bertz CT molecular complexity index is 504. The molecule has 1 aromatic carbocycles. The number of amides is 1.